The van der Waals surface area contributed by atoms with Crippen molar-refractivity contribution in [3.63, 3.8) is 0 Å². The van der Waals surface area contributed by atoms with Gasteiger partial charge in [-0.1, -0.05) is 18.2 Å². The Balaban J connectivity index is 1.66. The van der Waals surface area contributed by atoms with Gasteiger partial charge in [0.05, 0.1) is 11.3 Å². The van der Waals surface area contributed by atoms with Crippen LogP contribution >= 0.6 is 11.3 Å². The van der Waals surface area contributed by atoms with Crippen molar-refractivity contribution >= 4 is 29.1 Å². The van der Waals surface area contributed by atoms with E-state index in [9.17, 15) is 23.2 Å². The number of benzene rings is 1. The second-order valence-corrected chi connectivity index (χ2v) is 6.86. The number of esters is 1. The third kappa shape index (κ3) is 7.86. The van der Waals surface area contributed by atoms with Gasteiger partial charge in [-0.25, -0.2) is 0 Å². The quantitative estimate of drug-likeness (QED) is 0.591. The second kappa shape index (κ2) is 11.1. The molecule has 0 aliphatic carbocycles. The van der Waals surface area contributed by atoms with E-state index < -0.39 is 25.1 Å². The molecule has 1 heterocycles. The molecule has 0 atom stereocenters. The largest absolute Gasteiger partial charge is 0.456 e. The molecule has 0 spiro atoms. The van der Waals surface area contributed by atoms with Crippen molar-refractivity contribution in [1.29, 1.82) is 0 Å². The zero-order valence-corrected chi connectivity index (χ0v) is 16.4. The molecule has 1 aromatic carbocycles. The number of ether oxygens (including phenoxy) is 2. The average Bonchev–Trinajstić information content (AvgIpc) is 3.22. The molecule has 0 aliphatic heterocycles. The molecule has 0 fully saturated rings. The van der Waals surface area contributed by atoms with Gasteiger partial charge in [0.1, 0.15) is 5.75 Å². The summed E-state index contributed by atoms with van der Waals surface area (Å²) >= 11 is 1.29. The van der Waals surface area contributed by atoms with E-state index >= 15 is 0 Å². The van der Waals surface area contributed by atoms with Crippen molar-refractivity contribution in [2.24, 2.45) is 0 Å². The normalized spacial score (nSPS) is 10.5. The van der Waals surface area contributed by atoms with E-state index in [-0.39, 0.29) is 31.2 Å². The summed E-state index contributed by atoms with van der Waals surface area (Å²) in [6.45, 7) is -3.01. The van der Waals surface area contributed by atoms with Crippen LogP contribution in [0.25, 0.3) is 0 Å². The van der Waals surface area contributed by atoms with Gasteiger partial charge in [-0.15, -0.1) is 11.3 Å². The molecule has 156 valence electrons. The molecule has 0 bridgehead atoms. The fraction of sp³-hybridized carbons (Fsp3) is 0.316. The lowest BCUT2D eigenvalue weighted by molar-refractivity contribution is -0.151. The highest BCUT2D eigenvalue weighted by Crippen LogP contribution is 2.15. The van der Waals surface area contributed by atoms with E-state index in [0.29, 0.717) is 10.4 Å². The number of carbonyl (C=O) groups excluding carboxylic acids is 3. The van der Waals surface area contributed by atoms with Crippen LogP contribution in [0, 0.1) is 0 Å². The molecule has 0 aliphatic rings. The van der Waals surface area contributed by atoms with E-state index in [4.69, 9.17) is 4.74 Å². The maximum Gasteiger partial charge on any atom is 0.387 e. The zero-order valence-electron chi connectivity index (χ0n) is 15.6. The molecule has 29 heavy (non-hydrogen) atoms. The summed E-state index contributed by atoms with van der Waals surface area (Å²) in [6.07, 6.45) is -0.0558. The monoisotopic (exact) mass is 426 g/mol. The number of rotatable bonds is 10. The first-order valence-corrected chi connectivity index (χ1v) is 9.48. The molecule has 1 N–H and O–H groups in total. The van der Waals surface area contributed by atoms with Crippen LogP contribution in [0.2, 0.25) is 0 Å². The first-order valence-electron chi connectivity index (χ1n) is 8.60. The molecule has 1 aromatic heterocycles. The Kier molecular flexibility index (Phi) is 8.53. The van der Waals surface area contributed by atoms with Gasteiger partial charge in [-0.3, -0.25) is 14.4 Å². The number of amides is 2. The standard InChI is InChI=1S/C19H20F2N2O5S/c1-23(11-13-4-6-14(7-5-13)28-19(20)21)16(24)12-27-17(25)8-9-22-18(26)15-3-2-10-29-15/h2-7,10,19H,8-9,11-12H2,1H3,(H,22,26). The minimum atomic E-state index is -2.90. The van der Waals surface area contributed by atoms with E-state index in [1.54, 1.807) is 29.6 Å². The van der Waals surface area contributed by atoms with E-state index in [1.165, 1.54) is 35.4 Å². The van der Waals surface area contributed by atoms with Crippen LogP contribution in [-0.4, -0.2) is 49.5 Å². The first kappa shape index (κ1) is 22.3. The van der Waals surface area contributed by atoms with Crippen molar-refractivity contribution in [2.75, 3.05) is 20.2 Å². The Morgan fingerprint density at radius 1 is 1.17 bits per heavy atom. The zero-order chi connectivity index (χ0) is 21.2. The van der Waals surface area contributed by atoms with Gasteiger partial charge >= 0.3 is 12.6 Å². The van der Waals surface area contributed by atoms with Crippen LogP contribution in [0.3, 0.4) is 0 Å². The topological polar surface area (TPSA) is 84.9 Å². The Morgan fingerprint density at radius 2 is 1.90 bits per heavy atom. The van der Waals surface area contributed by atoms with Gasteiger partial charge in [0.25, 0.3) is 11.8 Å². The minimum Gasteiger partial charge on any atom is -0.456 e. The minimum absolute atomic E-state index is 0.0258. The predicted molar refractivity (Wildman–Crippen MR) is 102 cm³/mol. The van der Waals surface area contributed by atoms with Crippen LogP contribution in [0.4, 0.5) is 8.78 Å². The van der Waals surface area contributed by atoms with E-state index in [0.717, 1.165) is 0 Å². The molecule has 0 unspecified atom stereocenters. The molecule has 0 radical (unpaired) electrons. The van der Waals surface area contributed by atoms with Crippen molar-refractivity contribution < 1.29 is 32.6 Å². The highest BCUT2D eigenvalue weighted by molar-refractivity contribution is 7.12. The van der Waals surface area contributed by atoms with Crippen LogP contribution < -0.4 is 10.1 Å². The summed E-state index contributed by atoms with van der Waals surface area (Å²) in [5, 5.41) is 4.37. The first-order chi connectivity index (χ1) is 13.8. The number of halogens is 2. The van der Waals surface area contributed by atoms with Crippen molar-refractivity contribution in [3.05, 3.63) is 52.2 Å². The summed E-state index contributed by atoms with van der Waals surface area (Å²) in [5.74, 6) is -1.27. The Bertz CT molecular complexity index is 813. The maximum atomic E-state index is 12.1. The maximum absolute atomic E-state index is 12.1. The number of thiophene rings is 1. The van der Waals surface area contributed by atoms with E-state index in [2.05, 4.69) is 10.1 Å². The van der Waals surface area contributed by atoms with Crippen LogP contribution in [0.15, 0.2) is 41.8 Å². The highest BCUT2D eigenvalue weighted by atomic mass is 32.1. The van der Waals surface area contributed by atoms with Crippen LogP contribution in [0.5, 0.6) is 5.75 Å². The molecule has 0 saturated heterocycles. The van der Waals surface area contributed by atoms with Crippen molar-refractivity contribution in [1.82, 2.24) is 10.2 Å². The lowest BCUT2D eigenvalue weighted by atomic mass is 10.2. The van der Waals surface area contributed by atoms with Gasteiger partial charge in [0, 0.05) is 20.1 Å². The summed E-state index contributed by atoms with van der Waals surface area (Å²) in [5.41, 5.74) is 0.699. The lowest BCUT2D eigenvalue weighted by Gasteiger charge is -2.17. The number of carbonyl (C=O) groups is 3. The van der Waals surface area contributed by atoms with E-state index in [1.807, 2.05) is 0 Å². The van der Waals surface area contributed by atoms with Gasteiger partial charge < -0.3 is 19.7 Å². The fourth-order valence-electron chi connectivity index (χ4n) is 2.24. The van der Waals surface area contributed by atoms with Crippen molar-refractivity contribution in [3.8, 4) is 5.75 Å². The Hall–Kier alpha value is -3.01. The summed E-state index contributed by atoms with van der Waals surface area (Å²) in [7, 11) is 1.53. The third-order valence-corrected chi connectivity index (χ3v) is 4.58. The van der Waals surface area contributed by atoms with Crippen molar-refractivity contribution in [2.45, 2.75) is 19.6 Å². The van der Waals surface area contributed by atoms with Gasteiger partial charge in [-0.05, 0) is 29.1 Å². The molecule has 2 aromatic rings. The van der Waals surface area contributed by atoms with Crippen LogP contribution in [-0.2, 0) is 20.9 Å². The average molecular weight is 426 g/mol. The molecular formula is C19H20F2N2O5S. The lowest BCUT2D eigenvalue weighted by Crippen LogP contribution is -2.31. The number of nitrogens with one attached hydrogen (secondary N) is 1. The molecule has 0 saturated carbocycles. The third-order valence-electron chi connectivity index (χ3n) is 3.71. The highest BCUT2D eigenvalue weighted by Gasteiger charge is 2.14. The number of nitrogens with zero attached hydrogens (tertiary/aromatic N) is 1. The van der Waals surface area contributed by atoms with Gasteiger partial charge in [0.15, 0.2) is 6.61 Å². The summed E-state index contributed by atoms with van der Waals surface area (Å²) in [6, 6.07) is 9.30. The smallest absolute Gasteiger partial charge is 0.387 e. The summed E-state index contributed by atoms with van der Waals surface area (Å²) < 4.78 is 33.4. The van der Waals surface area contributed by atoms with Gasteiger partial charge in [0.2, 0.25) is 0 Å². The number of alkyl halides is 2. The van der Waals surface area contributed by atoms with Gasteiger partial charge in [-0.2, -0.15) is 8.78 Å². The Morgan fingerprint density at radius 3 is 2.52 bits per heavy atom. The second-order valence-electron chi connectivity index (χ2n) is 5.92. The molecule has 2 amide bonds. The fourth-order valence-corrected chi connectivity index (χ4v) is 2.88. The summed E-state index contributed by atoms with van der Waals surface area (Å²) in [4.78, 5) is 37.4. The molecular weight excluding hydrogens is 406 g/mol. The molecule has 10 heteroatoms. The number of likely N-dealkylation sites (N-methyl/N-ethyl adjacent to an activating group) is 1. The number of hydrogen-bond acceptors (Lipinski definition) is 6. The predicted octanol–water partition coefficient (Wildman–Crippen LogP) is 2.67. The molecule has 2 rings (SSSR count). The van der Waals surface area contributed by atoms with Crippen LogP contribution in [0.1, 0.15) is 21.7 Å². The number of hydrogen-bond donors (Lipinski definition) is 1. The SMILES string of the molecule is CN(Cc1ccc(OC(F)F)cc1)C(=O)COC(=O)CCNC(=O)c1cccs1. The molecule has 7 nitrogen and oxygen atoms in total. The Labute approximate surface area is 170 Å².